The summed E-state index contributed by atoms with van der Waals surface area (Å²) >= 11 is 0. The molecule has 5 heteroatoms. The third-order valence-electron chi connectivity index (χ3n) is 3.97. The Morgan fingerprint density at radius 3 is 2.22 bits per heavy atom. The second kappa shape index (κ2) is 5.35. The molecule has 0 fully saturated rings. The number of carbonyl (C=O) groups is 1. The number of benzene rings is 2. The van der Waals surface area contributed by atoms with Crippen LogP contribution in [0.15, 0.2) is 54.7 Å². The van der Waals surface area contributed by atoms with Crippen molar-refractivity contribution in [3.05, 3.63) is 60.4 Å². The third-order valence-corrected chi connectivity index (χ3v) is 3.97. The molecule has 0 unspecified atom stereocenters. The lowest BCUT2D eigenvalue weighted by molar-refractivity contribution is -0.117. The Hall–Kier alpha value is -2.95. The van der Waals surface area contributed by atoms with Gasteiger partial charge in [-0.05, 0) is 19.1 Å². The average Bonchev–Trinajstić information content (AvgIpc) is 3.11. The standard InChI is InChI=1S/C18H16N4O/c1-13(23)10-21-11-14(19-20-21)12-22-17-8-4-2-6-15(17)16-7-3-5-9-18(16)22/h2-9,11H,10,12H2,1H3. The van der Waals surface area contributed by atoms with Gasteiger partial charge in [0, 0.05) is 21.8 Å². The van der Waals surface area contributed by atoms with Crippen molar-refractivity contribution in [3.8, 4) is 0 Å². The summed E-state index contributed by atoms with van der Waals surface area (Å²) in [5.41, 5.74) is 3.20. The van der Waals surface area contributed by atoms with Gasteiger partial charge in [-0.2, -0.15) is 0 Å². The molecule has 2 aromatic carbocycles. The van der Waals surface area contributed by atoms with Crippen LogP contribution in [0.4, 0.5) is 0 Å². The first-order valence-corrected chi connectivity index (χ1v) is 7.57. The van der Waals surface area contributed by atoms with Gasteiger partial charge in [0.25, 0.3) is 0 Å². The molecular formula is C18H16N4O. The molecule has 23 heavy (non-hydrogen) atoms. The summed E-state index contributed by atoms with van der Waals surface area (Å²) in [7, 11) is 0. The molecular weight excluding hydrogens is 288 g/mol. The second-order valence-electron chi connectivity index (χ2n) is 5.73. The number of rotatable bonds is 4. The smallest absolute Gasteiger partial charge is 0.151 e. The van der Waals surface area contributed by atoms with E-state index in [2.05, 4.69) is 51.3 Å². The second-order valence-corrected chi connectivity index (χ2v) is 5.73. The number of hydrogen-bond acceptors (Lipinski definition) is 3. The molecule has 0 N–H and O–H groups in total. The highest BCUT2D eigenvalue weighted by molar-refractivity contribution is 6.07. The summed E-state index contributed by atoms with van der Waals surface area (Å²) in [6.45, 7) is 2.44. The number of carbonyl (C=O) groups excluding carboxylic acids is 1. The van der Waals surface area contributed by atoms with Crippen LogP contribution in [0.3, 0.4) is 0 Å². The van der Waals surface area contributed by atoms with Gasteiger partial charge in [0.15, 0.2) is 5.78 Å². The number of hydrogen-bond donors (Lipinski definition) is 0. The number of aromatic nitrogens is 4. The van der Waals surface area contributed by atoms with Crippen molar-refractivity contribution < 1.29 is 4.79 Å². The zero-order valence-electron chi connectivity index (χ0n) is 12.8. The maximum Gasteiger partial charge on any atom is 0.151 e. The summed E-state index contributed by atoms with van der Waals surface area (Å²) in [4.78, 5) is 11.2. The van der Waals surface area contributed by atoms with Gasteiger partial charge in [-0.15, -0.1) is 5.10 Å². The molecule has 2 aromatic heterocycles. The van der Waals surface area contributed by atoms with Gasteiger partial charge in [0.2, 0.25) is 0 Å². The van der Waals surface area contributed by atoms with Crippen LogP contribution in [0.25, 0.3) is 21.8 Å². The molecule has 0 bridgehead atoms. The lowest BCUT2D eigenvalue weighted by Gasteiger charge is -2.04. The van der Waals surface area contributed by atoms with Crippen LogP contribution < -0.4 is 0 Å². The van der Waals surface area contributed by atoms with Crippen molar-refractivity contribution in [3.63, 3.8) is 0 Å². The highest BCUT2D eigenvalue weighted by atomic mass is 16.1. The fourth-order valence-electron chi connectivity index (χ4n) is 3.05. The van der Waals surface area contributed by atoms with Crippen LogP contribution in [-0.2, 0) is 17.9 Å². The molecule has 2 heterocycles. The van der Waals surface area contributed by atoms with E-state index in [4.69, 9.17) is 0 Å². The first-order valence-electron chi connectivity index (χ1n) is 7.57. The Morgan fingerprint density at radius 1 is 1.00 bits per heavy atom. The summed E-state index contributed by atoms with van der Waals surface area (Å²) in [6, 6.07) is 16.7. The van der Waals surface area contributed by atoms with Gasteiger partial charge in [-0.25, -0.2) is 4.68 Å². The maximum absolute atomic E-state index is 11.2. The molecule has 0 saturated heterocycles. The van der Waals surface area contributed by atoms with E-state index in [-0.39, 0.29) is 12.3 Å². The van der Waals surface area contributed by atoms with E-state index < -0.39 is 0 Å². The average molecular weight is 304 g/mol. The van der Waals surface area contributed by atoms with Crippen molar-refractivity contribution in [2.75, 3.05) is 0 Å². The molecule has 0 aliphatic heterocycles. The van der Waals surface area contributed by atoms with Gasteiger partial charge in [0.05, 0.1) is 12.7 Å². The van der Waals surface area contributed by atoms with Crippen LogP contribution in [0.2, 0.25) is 0 Å². The van der Waals surface area contributed by atoms with Crippen molar-refractivity contribution >= 4 is 27.6 Å². The number of Topliss-reactive ketones (excluding diaryl/α,β-unsaturated/α-hetero) is 1. The predicted octanol–water partition coefficient (Wildman–Crippen LogP) is 3.02. The van der Waals surface area contributed by atoms with Gasteiger partial charge in [-0.3, -0.25) is 4.79 Å². The molecule has 0 atom stereocenters. The van der Waals surface area contributed by atoms with E-state index in [1.54, 1.807) is 11.6 Å². The van der Waals surface area contributed by atoms with Crippen LogP contribution in [0.1, 0.15) is 12.6 Å². The zero-order valence-corrected chi connectivity index (χ0v) is 12.8. The van der Waals surface area contributed by atoms with Crippen LogP contribution in [0, 0.1) is 0 Å². The maximum atomic E-state index is 11.2. The minimum Gasteiger partial charge on any atom is -0.334 e. The highest BCUT2D eigenvalue weighted by Crippen LogP contribution is 2.29. The minimum atomic E-state index is 0.0679. The number of ketones is 1. The van der Waals surface area contributed by atoms with Crippen molar-refractivity contribution in [2.45, 2.75) is 20.0 Å². The van der Waals surface area contributed by atoms with E-state index >= 15 is 0 Å². The van der Waals surface area contributed by atoms with E-state index in [1.165, 1.54) is 21.8 Å². The molecule has 0 radical (unpaired) electrons. The molecule has 0 amide bonds. The topological polar surface area (TPSA) is 52.7 Å². The molecule has 4 aromatic rings. The number of para-hydroxylation sites is 2. The van der Waals surface area contributed by atoms with Crippen molar-refractivity contribution in [1.29, 1.82) is 0 Å². The molecule has 0 aliphatic rings. The van der Waals surface area contributed by atoms with E-state index in [9.17, 15) is 4.79 Å². The number of fused-ring (bicyclic) bond motifs is 3. The fourth-order valence-corrected chi connectivity index (χ4v) is 3.05. The van der Waals surface area contributed by atoms with E-state index in [1.807, 2.05) is 18.3 Å². The molecule has 0 spiro atoms. The van der Waals surface area contributed by atoms with Crippen LogP contribution in [-0.4, -0.2) is 25.3 Å². The monoisotopic (exact) mass is 304 g/mol. The minimum absolute atomic E-state index is 0.0679. The van der Waals surface area contributed by atoms with E-state index in [0.717, 1.165) is 5.69 Å². The first-order chi connectivity index (χ1) is 11.2. The quantitative estimate of drug-likeness (QED) is 0.582. The lowest BCUT2D eigenvalue weighted by atomic mass is 10.2. The summed E-state index contributed by atoms with van der Waals surface area (Å²) < 4.78 is 3.83. The summed E-state index contributed by atoms with van der Waals surface area (Å²) in [5, 5.41) is 10.7. The molecule has 0 aliphatic carbocycles. The summed E-state index contributed by atoms with van der Waals surface area (Å²) in [5.74, 6) is 0.0679. The van der Waals surface area contributed by atoms with Gasteiger partial charge in [0.1, 0.15) is 12.2 Å². The summed E-state index contributed by atoms with van der Waals surface area (Å²) in [6.07, 6.45) is 1.84. The van der Waals surface area contributed by atoms with Crippen LogP contribution >= 0.6 is 0 Å². The lowest BCUT2D eigenvalue weighted by Crippen LogP contribution is -2.06. The zero-order chi connectivity index (χ0) is 15.8. The predicted molar refractivity (Wildman–Crippen MR) is 89.2 cm³/mol. The third kappa shape index (κ3) is 2.40. The SMILES string of the molecule is CC(=O)Cn1cc(Cn2c3ccccc3c3ccccc32)nn1. The highest BCUT2D eigenvalue weighted by Gasteiger charge is 2.11. The Morgan fingerprint density at radius 2 is 1.61 bits per heavy atom. The molecule has 4 rings (SSSR count). The van der Waals surface area contributed by atoms with Crippen molar-refractivity contribution in [1.82, 2.24) is 19.6 Å². The fraction of sp³-hybridized carbons (Fsp3) is 0.167. The van der Waals surface area contributed by atoms with Gasteiger partial charge < -0.3 is 4.57 Å². The Bertz CT molecular complexity index is 959. The number of nitrogens with zero attached hydrogens (tertiary/aromatic N) is 4. The molecule has 0 saturated carbocycles. The van der Waals surface area contributed by atoms with E-state index in [0.29, 0.717) is 6.54 Å². The molecule has 5 nitrogen and oxygen atoms in total. The largest absolute Gasteiger partial charge is 0.334 e. The van der Waals surface area contributed by atoms with Crippen LogP contribution in [0.5, 0.6) is 0 Å². The van der Waals surface area contributed by atoms with Gasteiger partial charge in [-0.1, -0.05) is 41.6 Å². The Labute approximate surface area is 133 Å². The first kappa shape index (κ1) is 13.7. The normalized spacial score (nSPS) is 11.3. The van der Waals surface area contributed by atoms with Crippen molar-refractivity contribution in [2.24, 2.45) is 0 Å². The Balaban J connectivity index is 1.81. The molecule has 114 valence electrons. The Kier molecular flexibility index (Phi) is 3.19. The van der Waals surface area contributed by atoms with Gasteiger partial charge >= 0.3 is 0 Å².